The number of nitrogens with zero attached hydrogens (tertiary/aromatic N) is 3. The van der Waals surface area contributed by atoms with Crippen molar-refractivity contribution in [2.24, 2.45) is 0 Å². The standard InChI is InChI=1S/C13H24N4O3/c1-9(2)12-15-11(20-16-12)6-5-7-14-13(19)17(4)8-10(3)18/h9-10,18H,5-8H2,1-4H3,(H,14,19). The number of amides is 2. The molecule has 1 unspecified atom stereocenters. The number of carbonyl (C=O) groups excluding carboxylic acids is 1. The van der Waals surface area contributed by atoms with Crippen LogP contribution in [0.4, 0.5) is 4.79 Å². The number of aryl methyl sites for hydroxylation is 1. The first-order valence-corrected chi connectivity index (χ1v) is 6.89. The van der Waals surface area contributed by atoms with Crippen molar-refractivity contribution in [1.29, 1.82) is 0 Å². The summed E-state index contributed by atoms with van der Waals surface area (Å²) >= 11 is 0. The summed E-state index contributed by atoms with van der Waals surface area (Å²) in [6, 6.07) is -0.195. The van der Waals surface area contributed by atoms with Gasteiger partial charge in [0.2, 0.25) is 5.89 Å². The fourth-order valence-electron chi connectivity index (χ4n) is 1.65. The summed E-state index contributed by atoms with van der Waals surface area (Å²) in [4.78, 5) is 17.4. The first kappa shape index (κ1) is 16.4. The van der Waals surface area contributed by atoms with E-state index in [4.69, 9.17) is 4.52 Å². The number of urea groups is 1. The molecule has 0 saturated heterocycles. The molecular weight excluding hydrogens is 260 g/mol. The van der Waals surface area contributed by atoms with E-state index in [1.54, 1.807) is 14.0 Å². The molecule has 1 heterocycles. The molecule has 2 N–H and O–H groups in total. The van der Waals surface area contributed by atoms with Gasteiger partial charge in [-0.05, 0) is 13.3 Å². The van der Waals surface area contributed by atoms with Gasteiger partial charge in [-0.25, -0.2) is 4.79 Å². The molecule has 1 aromatic rings. The minimum Gasteiger partial charge on any atom is -0.392 e. The van der Waals surface area contributed by atoms with Crippen LogP contribution in [0.15, 0.2) is 4.52 Å². The fourth-order valence-corrected chi connectivity index (χ4v) is 1.65. The Kier molecular flexibility index (Phi) is 6.44. The molecule has 2 amide bonds. The number of aliphatic hydroxyl groups excluding tert-OH is 1. The zero-order chi connectivity index (χ0) is 15.1. The molecule has 1 atom stereocenters. The summed E-state index contributed by atoms with van der Waals surface area (Å²) < 4.78 is 5.12. The molecule has 0 fully saturated rings. The van der Waals surface area contributed by atoms with Gasteiger partial charge in [0.15, 0.2) is 5.82 Å². The summed E-state index contributed by atoms with van der Waals surface area (Å²) in [5.41, 5.74) is 0. The van der Waals surface area contributed by atoms with E-state index in [9.17, 15) is 9.90 Å². The Labute approximate surface area is 119 Å². The lowest BCUT2D eigenvalue weighted by Gasteiger charge is -2.19. The van der Waals surface area contributed by atoms with E-state index < -0.39 is 6.10 Å². The van der Waals surface area contributed by atoms with Crippen LogP contribution in [-0.2, 0) is 6.42 Å². The van der Waals surface area contributed by atoms with Gasteiger partial charge in [0.1, 0.15) is 0 Å². The van der Waals surface area contributed by atoms with Gasteiger partial charge in [-0.1, -0.05) is 19.0 Å². The summed E-state index contributed by atoms with van der Waals surface area (Å²) in [5.74, 6) is 1.56. The molecule has 1 rings (SSSR count). The van der Waals surface area contributed by atoms with E-state index in [2.05, 4.69) is 15.5 Å². The lowest BCUT2D eigenvalue weighted by atomic mass is 10.2. The minimum absolute atomic E-state index is 0.195. The van der Waals surface area contributed by atoms with Crippen LogP contribution in [0.2, 0.25) is 0 Å². The average Bonchev–Trinajstić information content (AvgIpc) is 2.82. The zero-order valence-corrected chi connectivity index (χ0v) is 12.6. The number of rotatable bonds is 7. The molecule has 0 radical (unpaired) electrons. The molecule has 0 aliphatic rings. The first-order valence-electron chi connectivity index (χ1n) is 6.89. The lowest BCUT2D eigenvalue weighted by Crippen LogP contribution is -2.41. The van der Waals surface area contributed by atoms with Crippen molar-refractivity contribution in [1.82, 2.24) is 20.4 Å². The molecule has 0 aromatic carbocycles. The number of hydrogen-bond donors (Lipinski definition) is 2. The lowest BCUT2D eigenvalue weighted by molar-refractivity contribution is 0.144. The van der Waals surface area contributed by atoms with Gasteiger partial charge in [-0.3, -0.25) is 0 Å². The van der Waals surface area contributed by atoms with Crippen molar-refractivity contribution in [3.05, 3.63) is 11.7 Å². The number of hydrogen-bond acceptors (Lipinski definition) is 5. The number of aromatic nitrogens is 2. The highest BCUT2D eigenvalue weighted by atomic mass is 16.5. The van der Waals surface area contributed by atoms with E-state index in [0.717, 1.165) is 6.42 Å². The van der Waals surface area contributed by atoms with Crippen LogP contribution in [0.1, 0.15) is 44.8 Å². The van der Waals surface area contributed by atoms with Crippen LogP contribution >= 0.6 is 0 Å². The van der Waals surface area contributed by atoms with E-state index in [1.165, 1.54) is 4.90 Å². The Bertz CT molecular complexity index is 418. The third-order valence-electron chi connectivity index (χ3n) is 2.73. The molecule has 20 heavy (non-hydrogen) atoms. The molecule has 114 valence electrons. The van der Waals surface area contributed by atoms with Gasteiger partial charge >= 0.3 is 6.03 Å². The third kappa shape index (κ3) is 5.56. The Hall–Kier alpha value is -1.63. The second-order valence-corrected chi connectivity index (χ2v) is 5.27. The first-order chi connectivity index (χ1) is 9.40. The van der Waals surface area contributed by atoms with Gasteiger partial charge in [0.05, 0.1) is 6.10 Å². The molecule has 7 heteroatoms. The van der Waals surface area contributed by atoms with Crippen LogP contribution < -0.4 is 5.32 Å². The summed E-state index contributed by atoms with van der Waals surface area (Å²) in [7, 11) is 1.65. The predicted molar refractivity (Wildman–Crippen MR) is 74.4 cm³/mol. The third-order valence-corrected chi connectivity index (χ3v) is 2.73. The highest BCUT2D eigenvalue weighted by Gasteiger charge is 2.11. The van der Waals surface area contributed by atoms with Gasteiger partial charge < -0.3 is 19.8 Å². The van der Waals surface area contributed by atoms with E-state index in [1.807, 2.05) is 13.8 Å². The van der Waals surface area contributed by atoms with E-state index in [0.29, 0.717) is 31.2 Å². The van der Waals surface area contributed by atoms with Crippen LogP contribution in [0.25, 0.3) is 0 Å². The summed E-state index contributed by atoms with van der Waals surface area (Å²) in [6.07, 6.45) is 0.840. The number of nitrogens with one attached hydrogen (secondary N) is 1. The van der Waals surface area contributed by atoms with Crippen LogP contribution in [-0.4, -0.2) is 52.4 Å². The van der Waals surface area contributed by atoms with E-state index in [-0.39, 0.29) is 11.9 Å². The molecule has 0 saturated carbocycles. The van der Waals surface area contributed by atoms with Gasteiger partial charge in [-0.2, -0.15) is 4.98 Å². The molecule has 1 aromatic heterocycles. The maximum atomic E-state index is 11.6. The van der Waals surface area contributed by atoms with Crippen molar-refractivity contribution in [3.8, 4) is 0 Å². The quantitative estimate of drug-likeness (QED) is 0.733. The molecule has 0 spiro atoms. The average molecular weight is 284 g/mol. The SMILES string of the molecule is CC(O)CN(C)C(=O)NCCCc1nc(C(C)C)no1. The minimum atomic E-state index is -0.529. The van der Waals surface area contributed by atoms with Gasteiger partial charge in [0.25, 0.3) is 0 Å². The van der Waals surface area contributed by atoms with Crippen molar-refractivity contribution in [2.75, 3.05) is 20.1 Å². The molecule has 7 nitrogen and oxygen atoms in total. The Balaban J connectivity index is 2.22. The van der Waals surface area contributed by atoms with Crippen molar-refractivity contribution < 1.29 is 14.4 Å². The highest BCUT2D eigenvalue weighted by molar-refractivity contribution is 5.73. The normalized spacial score (nSPS) is 12.5. The Morgan fingerprint density at radius 3 is 2.70 bits per heavy atom. The van der Waals surface area contributed by atoms with Crippen molar-refractivity contribution in [3.63, 3.8) is 0 Å². The number of carbonyl (C=O) groups is 1. The molecule has 0 bridgehead atoms. The maximum absolute atomic E-state index is 11.6. The largest absolute Gasteiger partial charge is 0.392 e. The molecule has 0 aliphatic heterocycles. The molecular formula is C13H24N4O3. The smallest absolute Gasteiger partial charge is 0.317 e. The van der Waals surface area contributed by atoms with E-state index >= 15 is 0 Å². The summed E-state index contributed by atoms with van der Waals surface area (Å²) in [5, 5.41) is 15.8. The second-order valence-electron chi connectivity index (χ2n) is 5.27. The van der Waals surface area contributed by atoms with Gasteiger partial charge in [0, 0.05) is 32.5 Å². The Morgan fingerprint density at radius 2 is 2.15 bits per heavy atom. The van der Waals surface area contributed by atoms with Crippen molar-refractivity contribution in [2.45, 2.75) is 45.6 Å². The second kappa shape index (κ2) is 7.84. The zero-order valence-electron chi connectivity index (χ0n) is 12.6. The van der Waals surface area contributed by atoms with Gasteiger partial charge in [-0.15, -0.1) is 0 Å². The van der Waals surface area contributed by atoms with Crippen LogP contribution in [0.3, 0.4) is 0 Å². The molecule has 0 aliphatic carbocycles. The van der Waals surface area contributed by atoms with Crippen LogP contribution in [0, 0.1) is 0 Å². The fraction of sp³-hybridized carbons (Fsp3) is 0.769. The number of aliphatic hydroxyl groups is 1. The highest BCUT2D eigenvalue weighted by Crippen LogP contribution is 2.10. The monoisotopic (exact) mass is 284 g/mol. The predicted octanol–water partition coefficient (Wildman–Crippen LogP) is 1.15. The summed E-state index contributed by atoms with van der Waals surface area (Å²) in [6.45, 7) is 6.50. The van der Waals surface area contributed by atoms with Crippen molar-refractivity contribution >= 4 is 6.03 Å². The topological polar surface area (TPSA) is 91.5 Å². The maximum Gasteiger partial charge on any atom is 0.317 e. The Morgan fingerprint density at radius 1 is 1.45 bits per heavy atom. The number of likely N-dealkylation sites (N-methyl/N-ethyl adjacent to an activating group) is 1. The van der Waals surface area contributed by atoms with Crippen LogP contribution in [0.5, 0.6) is 0 Å².